The van der Waals surface area contributed by atoms with Crippen LogP contribution in [-0.4, -0.2) is 41.4 Å². The van der Waals surface area contributed by atoms with Gasteiger partial charge in [-0.15, -0.1) is 11.6 Å². The summed E-state index contributed by atoms with van der Waals surface area (Å²) >= 11 is 6.00. The van der Waals surface area contributed by atoms with Crippen molar-refractivity contribution in [2.75, 3.05) is 36.7 Å². The topological polar surface area (TPSA) is 102 Å². The van der Waals surface area contributed by atoms with Crippen molar-refractivity contribution >= 4 is 23.2 Å². The van der Waals surface area contributed by atoms with Crippen LogP contribution in [0.4, 0.5) is 11.6 Å². The van der Waals surface area contributed by atoms with Crippen molar-refractivity contribution < 1.29 is 9.47 Å². The normalized spacial score (nSPS) is 15.4. The molecular formula is C22H31ClN4O3. The third-order valence-corrected chi connectivity index (χ3v) is 5.82. The number of nitrogens with two attached hydrogens (primary N) is 1. The summed E-state index contributed by atoms with van der Waals surface area (Å²) < 4.78 is 11.3. The van der Waals surface area contributed by atoms with E-state index in [1.165, 1.54) is 5.56 Å². The lowest BCUT2D eigenvalue weighted by atomic mass is 10.0. The molecule has 0 atom stereocenters. The molecule has 0 saturated carbocycles. The molecule has 0 amide bonds. The maximum atomic E-state index is 12.0. The van der Waals surface area contributed by atoms with Crippen molar-refractivity contribution in [2.24, 2.45) is 0 Å². The molecule has 0 aliphatic carbocycles. The number of rotatable bonds is 11. The number of H-pyrrole nitrogens is 1. The first-order valence-electron chi connectivity index (χ1n) is 10.5. The molecule has 7 nitrogen and oxygen atoms in total. The second-order valence-electron chi connectivity index (χ2n) is 7.69. The second-order valence-corrected chi connectivity index (χ2v) is 7.96. The highest BCUT2D eigenvalue weighted by Crippen LogP contribution is 2.27. The number of nitrogens with zero attached hydrogens (tertiary/aromatic N) is 1. The summed E-state index contributed by atoms with van der Waals surface area (Å²) in [5.74, 6) is -0.0182. The molecule has 1 aromatic carbocycles. The smallest absolute Gasteiger partial charge is 0.255 e. The van der Waals surface area contributed by atoms with Gasteiger partial charge in [-0.25, -0.2) is 4.98 Å². The van der Waals surface area contributed by atoms with Gasteiger partial charge in [0.15, 0.2) is 5.79 Å². The number of aromatic nitrogens is 2. The average molecular weight is 435 g/mol. The molecule has 164 valence electrons. The monoisotopic (exact) mass is 434 g/mol. The summed E-state index contributed by atoms with van der Waals surface area (Å²) in [6.45, 7) is 3.86. The van der Waals surface area contributed by atoms with Gasteiger partial charge in [0, 0.05) is 29.9 Å². The number of halogens is 1. The predicted molar refractivity (Wildman–Crippen MR) is 120 cm³/mol. The molecule has 0 radical (unpaired) electrons. The van der Waals surface area contributed by atoms with E-state index in [2.05, 4.69) is 39.6 Å². The van der Waals surface area contributed by atoms with Crippen molar-refractivity contribution in [1.82, 2.24) is 9.97 Å². The minimum absolute atomic E-state index is 0.146. The lowest BCUT2D eigenvalue weighted by molar-refractivity contribution is -0.144. The van der Waals surface area contributed by atoms with Gasteiger partial charge in [-0.1, -0.05) is 12.1 Å². The number of unbranched alkanes of at least 4 members (excludes halogenated alkanes) is 1. The van der Waals surface area contributed by atoms with Gasteiger partial charge in [-0.05, 0) is 56.7 Å². The fourth-order valence-corrected chi connectivity index (χ4v) is 4.01. The Kier molecular flexibility index (Phi) is 8.13. The Morgan fingerprint density at radius 2 is 1.90 bits per heavy atom. The molecule has 0 unspecified atom stereocenters. The Morgan fingerprint density at radius 1 is 1.17 bits per heavy atom. The number of anilines is 2. The fraction of sp³-hybridized carbons (Fsp3) is 0.545. The SMILES string of the molecule is Cc1nc(N)[nH]c(=O)c1CCCNc1ccc(CCCCC2(CCl)OCCO2)cc1. The zero-order valence-electron chi connectivity index (χ0n) is 17.5. The van der Waals surface area contributed by atoms with Crippen molar-refractivity contribution in [3.63, 3.8) is 0 Å². The van der Waals surface area contributed by atoms with Gasteiger partial charge in [-0.3, -0.25) is 9.78 Å². The maximum Gasteiger partial charge on any atom is 0.255 e. The molecule has 30 heavy (non-hydrogen) atoms. The summed E-state index contributed by atoms with van der Waals surface area (Å²) in [7, 11) is 0. The van der Waals surface area contributed by atoms with Crippen LogP contribution in [0.5, 0.6) is 0 Å². The zero-order valence-corrected chi connectivity index (χ0v) is 18.3. The van der Waals surface area contributed by atoms with E-state index in [-0.39, 0.29) is 11.5 Å². The first-order chi connectivity index (χ1) is 14.5. The van der Waals surface area contributed by atoms with Gasteiger partial charge in [0.1, 0.15) is 0 Å². The third-order valence-electron chi connectivity index (χ3n) is 5.42. The molecule has 3 rings (SSSR count). The van der Waals surface area contributed by atoms with Crippen molar-refractivity contribution in [3.8, 4) is 0 Å². The van der Waals surface area contributed by atoms with E-state index in [0.717, 1.165) is 44.3 Å². The summed E-state index contributed by atoms with van der Waals surface area (Å²) in [4.78, 5) is 18.6. The highest BCUT2D eigenvalue weighted by atomic mass is 35.5. The number of ether oxygens (including phenoxy) is 2. The number of hydrogen-bond acceptors (Lipinski definition) is 6. The summed E-state index contributed by atoms with van der Waals surface area (Å²) in [5.41, 5.74) is 9.19. The Morgan fingerprint density at radius 3 is 2.57 bits per heavy atom. The molecule has 1 aromatic heterocycles. The molecule has 1 aliphatic rings. The van der Waals surface area contributed by atoms with Crippen LogP contribution in [0.1, 0.15) is 42.5 Å². The number of hydrogen-bond donors (Lipinski definition) is 3. The molecule has 4 N–H and O–H groups in total. The number of alkyl halides is 1. The van der Waals surface area contributed by atoms with Crippen LogP contribution in [0.3, 0.4) is 0 Å². The van der Waals surface area contributed by atoms with Crippen LogP contribution in [-0.2, 0) is 22.3 Å². The van der Waals surface area contributed by atoms with E-state index >= 15 is 0 Å². The van der Waals surface area contributed by atoms with E-state index in [4.69, 9.17) is 26.8 Å². The molecule has 2 aromatic rings. The summed E-state index contributed by atoms with van der Waals surface area (Å²) in [6.07, 6.45) is 5.44. The molecule has 0 spiro atoms. The Bertz CT molecular complexity index is 864. The van der Waals surface area contributed by atoms with Crippen LogP contribution in [0.2, 0.25) is 0 Å². The quantitative estimate of drug-likeness (QED) is 0.370. The first-order valence-corrected chi connectivity index (χ1v) is 11.1. The van der Waals surface area contributed by atoms with Crippen molar-refractivity contribution in [2.45, 2.75) is 51.2 Å². The van der Waals surface area contributed by atoms with Crippen LogP contribution in [0, 0.1) is 6.92 Å². The van der Waals surface area contributed by atoms with Gasteiger partial charge >= 0.3 is 0 Å². The number of nitrogen functional groups attached to an aromatic ring is 1. The van der Waals surface area contributed by atoms with E-state index < -0.39 is 5.79 Å². The van der Waals surface area contributed by atoms with Gasteiger partial charge in [0.2, 0.25) is 5.95 Å². The molecular weight excluding hydrogens is 404 g/mol. The molecule has 1 aliphatic heterocycles. The van der Waals surface area contributed by atoms with Gasteiger partial charge < -0.3 is 20.5 Å². The number of aryl methyl sites for hydroxylation is 2. The number of benzene rings is 1. The van der Waals surface area contributed by atoms with Crippen molar-refractivity contribution in [1.29, 1.82) is 0 Å². The minimum atomic E-state index is -0.568. The summed E-state index contributed by atoms with van der Waals surface area (Å²) in [5, 5.41) is 3.40. The third kappa shape index (κ3) is 6.20. The first kappa shape index (κ1) is 22.6. The molecule has 2 heterocycles. The van der Waals surface area contributed by atoms with Crippen LogP contribution in [0.15, 0.2) is 29.1 Å². The molecule has 1 fully saturated rings. The van der Waals surface area contributed by atoms with E-state index in [1.54, 1.807) is 0 Å². The molecule has 1 saturated heterocycles. The van der Waals surface area contributed by atoms with Gasteiger partial charge in [-0.2, -0.15) is 0 Å². The molecule has 0 bridgehead atoms. The zero-order chi connectivity index (χ0) is 21.4. The Hall–Kier alpha value is -2.09. The maximum absolute atomic E-state index is 12.0. The lowest BCUT2D eigenvalue weighted by Gasteiger charge is -2.24. The summed E-state index contributed by atoms with van der Waals surface area (Å²) in [6, 6.07) is 8.51. The predicted octanol–water partition coefficient (Wildman–Crippen LogP) is 3.40. The minimum Gasteiger partial charge on any atom is -0.385 e. The highest BCUT2D eigenvalue weighted by molar-refractivity contribution is 6.18. The van der Waals surface area contributed by atoms with Crippen molar-refractivity contribution in [3.05, 3.63) is 51.4 Å². The Balaban J connectivity index is 1.36. The van der Waals surface area contributed by atoms with E-state index in [9.17, 15) is 4.79 Å². The van der Waals surface area contributed by atoms with Crippen LogP contribution < -0.4 is 16.6 Å². The van der Waals surface area contributed by atoms with Crippen LogP contribution in [0.25, 0.3) is 0 Å². The Labute approximate surface area is 182 Å². The lowest BCUT2D eigenvalue weighted by Crippen LogP contribution is -2.32. The van der Waals surface area contributed by atoms with E-state index in [0.29, 0.717) is 36.8 Å². The highest BCUT2D eigenvalue weighted by Gasteiger charge is 2.34. The number of nitrogens with one attached hydrogen (secondary N) is 2. The van der Waals surface area contributed by atoms with E-state index in [1.807, 2.05) is 6.92 Å². The molecule has 8 heteroatoms. The van der Waals surface area contributed by atoms with Gasteiger partial charge in [0.05, 0.1) is 19.1 Å². The standard InChI is InChI=1S/C22H31ClN4O3/c1-16-19(20(28)27-21(24)26-16)6-4-12-25-18-9-7-17(8-10-18)5-2-3-11-22(15-23)29-13-14-30-22/h7-10,25H,2-6,11-15H2,1H3,(H3,24,26,27,28). The average Bonchev–Trinajstić information content (AvgIpc) is 3.20. The van der Waals surface area contributed by atoms with Gasteiger partial charge in [0.25, 0.3) is 5.56 Å². The second kappa shape index (κ2) is 10.8. The van der Waals surface area contributed by atoms with Crippen LogP contribution >= 0.6 is 11.6 Å². The fourth-order valence-electron chi connectivity index (χ4n) is 3.72. The largest absolute Gasteiger partial charge is 0.385 e. The number of aromatic amines is 1.